The van der Waals surface area contributed by atoms with Crippen molar-refractivity contribution in [2.45, 2.75) is 6.54 Å². The van der Waals surface area contributed by atoms with Crippen LogP contribution in [-0.2, 0) is 6.54 Å². The van der Waals surface area contributed by atoms with Gasteiger partial charge in [-0.1, -0.05) is 6.07 Å². The van der Waals surface area contributed by atoms with E-state index in [4.69, 9.17) is 5.73 Å². The zero-order valence-corrected chi connectivity index (χ0v) is 14.0. The summed E-state index contributed by atoms with van der Waals surface area (Å²) in [4.78, 5) is 33.4. The number of amides is 2. The first kappa shape index (κ1) is 16.7. The Hall–Kier alpha value is -3.19. The van der Waals surface area contributed by atoms with E-state index in [0.717, 1.165) is 10.9 Å². The second-order valence-corrected chi connectivity index (χ2v) is 6.03. The van der Waals surface area contributed by atoms with Gasteiger partial charge in [0.25, 0.3) is 5.91 Å². The number of primary amides is 1. The number of H-pyrrole nitrogens is 1. The molecule has 25 heavy (non-hydrogen) atoms. The van der Waals surface area contributed by atoms with Crippen LogP contribution < -0.4 is 11.1 Å². The number of nitrogens with two attached hydrogens (primary N) is 1. The van der Waals surface area contributed by atoms with Gasteiger partial charge in [-0.05, 0) is 43.9 Å². The third-order valence-electron chi connectivity index (χ3n) is 3.83. The molecule has 0 aliphatic heterocycles. The van der Waals surface area contributed by atoms with E-state index in [1.807, 2.05) is 19.0 Å². The molecule has 0 aliphatic rings. The van der Waals surface area contributed by atoms with Gasteiger partial charge in [0.2, 0.25) is 5.91 Å². The van der Waals surface area contributed by atoms with Gasteiger partial charge in [-0.3, -0.25) is 9.59 Å². The Kier molecular flexibility index (Phi) is 4.49. The number of carbonyl (C=O) groups excluding carboxylic acids is 2. The molecule has 0 atom stereocenters. The molecule has 3 rings (SSSR count). The van der Waals surface area contributed by atoms with E-state index in [-0.39, 0.29) is 5.91 Å². The van der Waals surface area contributed by atoms with Gasteiger partial charge in [0.05, 0.1) is 5.56 Å². The number of rotatable bonds is 5. The van der Waals surface area contributed by atoms with Crippen LogP contribution in [0, 0.1) is 0 Å². The summed E-state index contributed by atoms with van der Waals surface area (Å²) in [6, 6.07) is 8.53. The van der Waals surface area contributed by atoms with Crippen molar-refractivity contribution in [3.05, 3.63) is 59.4 Å². The highest BCUT2D eigenvalue weighted by Gasteiger charge is 2.15. The van der Waals surface area contributed by atoms with E-state index < -0.39 is 5.91 Å². The lowest BCUT2D eigenvalue weighted by Gasteiger charge is -2.16. The fraction of sp³-hybridized carbons (Fsp3) is 0.167. The van der Waals surface area contributed by atoms with Crippen LogP contribution in [0.3, 0.4) is 0 Å². The summed E-state index contributed by atoms with van der Waals surface area (Å²) in [5, 5.41) is 3.63. The van der Waals surface area contributed by atoms with Crippen molar-refractivity contribution in [2.75, 3.05) is 19.4 Å². The highest BCUT2D eigenvalue weighted by molar-refractivity contribution is 6.12. The second-order valence-electron chi connectivity index (χ2n) is 6.03. The van der Waals surface area contributed by atoms with E-state index in [9.17, 15) is 9.59 Å². The van der Waals surface area contributed by atoms with Gasteiger partial charge in [0, 0.05) is 35.6 Å². The Morgan fingerprint density at radius 2 is 2.04 bits per heavy atom. The van der Waals surface area contributed by atoms with E-state index in [0.29, 0.717) is 29.0 Å². The summed E-state index contributed by atoms with van der Waals surface area (Å²) in [5.41, 5.74) is 8.32. The molecule has 1 aromatic carbocycles. The van der Waals surface area contributed by atoms with E-state index in [1.165, 1.54) is 0 Å². The average Bonchev–Trinajstić information content (AvgIpc) is 3.04. The zero-order valence-electron chi connectivity index (χ0n) is 14.0. The molecule has 2 aromatic heterocycles. The van der Waals surface area contributed by atoms with Crippen LogP contribution in [0.5, 0.6) is 0 Å². The normalized spacial score (nSPS) is 11.0. The Bertz CT molecular complexity index is 946. The predicted octanol–water partition coefficient (Wildman–Crippen LogP) is 1.98. The smallest absolute Gasteiger partial charge is 0.256 e. The van der Waals surface area contributed by atoms with Gasteiger partial charge >= 0.3 is 0 Å². The molecule has 0 saturated carbocycles. The summed E-state index contributed by atoms with van der Waals surface area (Å²) < 4.78 is 0. The van der Waals surface area contributed by atoms with E-state index in [1.54, 1.807) is 42.7 Å². The summed E-state index contributed by atoms with van der Waals surface area (Å²) in [6.07, 6.45) is 3.31. The molecule has 2 heterocycles. The minimum atomic E-state index is -0.538. The minimum absolute atomic E-state index is 0.270. The number of fused-ring (bicyclic) bond motifs is 1. The molecule has 0 radical (unpaired) electrons. The Morgan fingerprint density at radius 1 is 1.24 bits per heavy atom. The molecule has 4 N–H and O–H groups in total. The number of carbonyl (C=O) groups is 2. The first-order chi connectivity index (χ1) is 12.0. The van der Waals surface area contributed by atoms with Crippen molar-refractivity contribution < 1.29 is 9.59 Å². The molecule has 0 unspecified atom stereocenters. The number of pyridine rings is 1. The lowest BCUT2D eigenvalue weighted by Crippen LogP contribution is -2.18. The summed E-state index contributed by atoms with van der Waals surface area (Å²) >= 11 is 0. The molecular weight excluding hydrogens is 318 g/mol. The van der Waals surface area contributed by atoms with Crippen LogP contribution in [0.4, 0.5) is 5.69 Å². The zero-order chi connectivity index (χ0) is 18.0. The fourth-order valence-electron chi connectivity index (χ4n) is 2.67. The number of hydrogen-bond acceptors (Lipinski definition) is 4. The van der Waals surface area contributed by atoms with Gasteiger partial charge in [-0.15, -0.1) is 0 Å². The van der Waals surface area contributed by atoms with E-state index >= 15 is 0 Å². The summed E-state index contributed by atoms with van der Waals surface area (Å²) in [7, 11) is 3.86. The Labute approximate surface area is 144 Å². The van der Waals surface area contributed by atoms with Gasteiger partial charge in [-0.25, -0.2) is 4.98 Å². The summed E-state index contributed by atoms with van der Waals surface area (Å²) in [5.74, 6) is -0.808. The molecule has 0 fully saturated rings. The lowest BCUT2D eigenvalue weighted by atomic mass is 10.1. The molecule has 3 aromatic rings. The molecule has 2 amide bonds. The van der Waals surface area contributed by atoms with Crippen LogP contribution in [0.2, 0.25) is 0 Å². The molecular formula is C18H19N5O2. The van der Waals surface area contributed by atoms with Gasteiger partial charge in [0.1, 0.15) is 5.65 Å². The molecule has 7 nitrogen and oxygen atoms in total. The summed E-state index contributed by atoms with van der Waals surface area (Å²) in [6.45, 7) is 0.616. The maximum absolute atomic E-state index is 12.8. The number of nitrogens with zero attached hydrogens (tertiary/aromatic N) is 2. The van der Waals surface area contributed by atoms with Gasteiger partial charge in [-0.2, -0.15) is 0 Å². The number of aromatic amines is 1. The van der Waals surface area contributed by atoms with Crippen molar-refractivity contribution in [3.8, 4) is 0 Å². The van der Waals surface area contributed by atoms with Crippen molar-refractivity contribution in [3.63, 3.8) is 0 Å². The maximum atomic E-state index is 12.8. The van der Waals surface area contributed by atoms with Crippen LogP contribution in [-0.4, -0.2) is 40.8 Å². The molecule has 0 aliphatic carbocycles. The SMILES string of the molecule is CN(C)Cc1ccc(C(N)=O)cc1NC(=O)c1ccnc2[nH]ccc12. The first-order valence-corrected chi connectivity index (χ1v) is 7.76. The standard InChI is InChI=1S/C18H19N5O2/c1-23(2)10-12-4-3-11(16(19)24)9-15(12)22-18(25)14-6-8-21-17-13(14)5-7-20-17/h3-9H,10H2,1-2H3,(H2,19,24)(H,20,21)(H,22,25). The van der Waals surface area contributed by atoms with Gasteiger partial charge < -0.3 is 20.9 Å². The number of anilines is 1. The highest BCUT2D eigenvalue weighted by Crippen LogP contribution is 2.22. The van der Waals surface area contributed by atoms with Crippen molar-refractivity contribution in [2.24, 2.45) is 5.73 Å². The first-order valence-electron chi connectivity index (χ1n) is 7.76. The number of hydrogen-bond donors (Lipinski definition) is 3. The van der Waals surface area contributed by atoms with Crippen molar-refractivity contribution in [1.82, 2.24) is 14.9 Å². The molecule has 0 spiro atoms. The quantitative estimate of drug-likeness (QED) is 0.662. The highest BCUT2D eigenvalue weighted by atomic mass is 16.2. The second kappa shape index (κ2) is 6.74. The largest absolute Gasteiger partial charge is 0.366 e. The van der Waals surface area contributed by atoms with Crippen LogP contribution >= 0.6 is 0 Å². The predicted molar refractivity (Wildman–Crippen MR) is 96.4 cm³/mol. The third kappa shape index (κ3) is 3.51. The number of benzene rings is 1. The minimum Gasteiger partial charge on any atom is -0.366 e. The molecule has 128 valence electrons. The molecule has 0 bridgehead atoms. The lowest BCUT2D eigenvalue weighted by molar-refractivity contribution is 0.0996. The third-order valence-corrected chi connectivity index (χ3v) is 3.83. The average molecular weight is 337 g/mol. The van der Waals surface area contributed by atoms with Crippen LogP contribution in [0.15, 0.2) is 42.7 Å². The van der Waals surface area contributed by atoms with Crippen LogP contribution in [0.25, 0.3) is 11.0 Å². The Balaban J connectivity index is 1.97. The van der Waals surface area contributed by atoms with E-state index in [2.05, 4.69) is 15.3 Å². The maximum Gasteiger partial charge on any atom is 0.256 e. The molecule has 0 saturated heterocycles. The fourth-order valence-corrected chi connectivity index (χ4v) is 2.67. The van der Waals surface area contributed by atoms with Crippen molar-refractivity contribution in [1.29, 1.82) is 0 Å². The van der Waals surface area contributed by atoms with Crippen LogP contribution in [0.1, 0.15) is 26.3 Å². The topological polar surface area (TPSA) is 104 Å². The van der Waals surface area contributed by atoms with Gasteiger partial charge in [0.15, 0.2) is 0 Å². The number of aromatic nitrogens is 2. The van der Waals surface area contributed by atoms with Crippen molar-refractivity contribution >= 4 is 28.5 Å². The number of nitrogens with one attached hydrogen (secondary N) is 2. The monoisotopic (exact) mass is 337 g/mol. The molecule has 7 heteroatoms. The Morgan fingerprint density at radius 3 is 2.76 bits per heavy atom.